The van der Waals surface area contributed by atoms with E-state index in [1.54, 1.807) is 19.1 Å². The summed E-state index contributed by atoms with van der Waals surface area (Å²) in [6.07, 6.45) is 14.5. The molecule has 0 aromatic heterocycles. The van der Waals surface area contributed by atoms with Gasteiger partial charge in [-0.05, 0) is 31.9 Å². The fourth-order valence-electron chi connectivity index (χ4n) is 5.12. The van der Waals surface area contributed by atoms with Crippen molar-refractivity contribution < 1.29 is 32.2 Å². The topological polar surface area (TPSA) is 141 Å². The van der Waals surface area contributed by atoms with E-state index in [9.17, 15) is 32.2 Å². The molecule has 1 unspecified atom stereocenters. The van der Waals surface area contributed by atoms with Crippen LogP contribution >= 0.6 is 0 Å². The maximum Gasteiger partial charge on any atom is 0.241 e. The molecule has 0 aliphatic carbocycles. The van der Waals surface area contributed by atoms with E-state index < -0.39 is 43.5 Å². The van der Waals surface area contributed by atoms with Crippen molar-refractivity contribution in [1.82, 2.24) is 4.72 Å². The highest BCUT2D eigenvalue weighted by atomic mass is 32.2. The molecule has 1 aromatic carbocycles. The lowest BCUT2D eigenvalue weighted by Gasteiger charge is -2.31. The summed E-state index contributed by atoms with van der Waals surface area (Å²) in [4.78, 5) is -0.120. The maximum absolute atomic E-state index is 13.1. The monoisotopic (exact) mass is 633 g/mol. The van der Waals surface area contributed by atoms with Crippen molar-refractivity contribution in [1.29, 1.82) is 0 Å². The number of aliphatic hydroxyl groups is 3. The van der Waals surface area contributed by atoms with Gasteiger partial charge in [0.25, 0.3) is 0 Å². The second-order valence-corrected chi connectivity index (χ2v) is 15.8. The minimum atomic E-state index is -4.29. The number of rotatable bonds is 26. The Balaban J connectivity index is 2.74. The largest absolute Gasteiger partial charge is 0.390 e. The molecular weight excluding hydrogens is 574 g/mol. The van der Waals surface area contributed by atoms with E-state index in [1.165, 1.54) is 63.5 Å². The van der Waals surface area contributed by atoms with Crippen LogP contribution in [0.2, 0.25) is 0 Å². The summed E-state index contributed by atoms with van der Waals surface area (Å²) in [5.41, 5.74) is -1.36. The molecule has 0 saturated heterocycles. The SMILES string of the molecule is CCCCCCCCCCCCCC[C@@H](O)[C@@H](O)[C@@H](NS(=O)(=O)c1ccc(C)cc1)C(O)S(=O)(=O)CCCCCCC. The van der Waals surface area contributed by atoms with Crippen LogP contribution in [0.15, 0.2) is 29.2 Å². The Labute approximate surface area is 256 Å². The highest BCUT2D eigenvalue weighted by Gasteiger charge is 2.41. The van der Waals surface area contributed by atoms with E-state index >= 15 is 0 Å². The Morgan fingerprint density at radius 3 is 1.55 bits per heavy atom. The van der Waals surface area contributed by atoms with Gasteiger partial charge in [0, 0.05) is 0 Å². The number of sulfone groups is 1. The second-order valence-electron chi connectivity index (χ2n) is 11.9. The van der Waals surface area contributed by atoms with Crippen LogP contribution in [0, 0.1) is 6.92 Å². The van der Waals surface area contributed by atoms with Gasteiger partial charge in [-0.2, -0.15) is 0 Å². The molecule has 4 N–H and O–H groups in total. The number of aryl methyl sites for hydroxylation is 1. The van der Waals surface area contributed by atoms with Crippen LogP contribution in [0.5, 0.6) is 0 Å². The van der Waals surface area contributed by atoms with Crippen molar-refractivity contribution >= 4 is 19.9 Å². The zero-order valence-corrected chi connectivity index (χ0v) is 28.0. The molecule has 4 atom stereocenters. The standard InChI is InChI=1S/C32H59NO7S2/c1-4-6-8-10-11-12-13-14-15-16-17-19-21-29(34)31(35)30(32(36)41(37,38)26-20-18-9-7-5-2)33-42(39,40)28-24-22-27(3)23-25-28/h22-25,29-36H,4-21,26H2,1-3H3/t29-,30-,31-,32?/m1/s1. The van der Waals surface area contributed by atoms with Gasteiger partial charge in [-0.25, -0.2) is 21.6 Å². The molecule has 0 spiro atoms. The molecule has 0 saturated carbocycles. The average Bonchev–Trinajstić information content (AvgIpc) is 2.95. The van der Waals surface area contributed by atoms with E-state index in [1.807, 2.05) is 0 Å². The van der Waals surface area contributed by atoms with Gasteiger partial charge in [-0.3, -0.25) is 0 Å². The molecule has 0 heterocycles. The molecule has 8 nitrogen and oxygen atoms in total. The number of sulfonamides is 1. The lowest BCUT2D eigenvalue weighted by Crippen LogP contribution is -2.57. The van der Waals surface area contributed by atoms with Crippen LogP contribution in [-0.2, 0) is 19.9 Å². The quantitative estimate of drug-likeness (QED) is 0.0896. The fourth-order valence-corrected chi connectivity index (χ4v) is 7.98. The Bertz CT molecular complexity index is 1030. The molecule has 0 bridgehead atoms. The third-order valence-corrected chi connectivity index (χ3v) is 11.3. The highest BCUT2D eigenvalue weighted by molar-refractivity contribution is 7.92. The van der Waals surface area contributed by atoms with Crippen molar-refractivity contribution in [3.05, 3.63) is 29.8 Å². The van der Waals surface area contributed by atoms with Gasteiger partial charge in [0.15, 0.2) is 15.3 Å². The van der Waals surface area contributed by atoms with Crippen LogP contribution in [0.4, 0.5) is 0 Å². The second kappa shape index (κ2) is 21.6. The molecule has 10 heteroatoms. The van der Waals surface area contributed by atoms with E-state index in [0.717, 1.165) is 44.1 Å². The van der Waals surface area contributed by atoms with E-state index in [2.05, 4.69) is 18.6 Å². The first kappa shape index (κ1) is 39.0. The minimum Gasteiger partial charge on any atom is -0.390 e. The summed E-state index contributed by atoms with van der Waals surface area (Å²) in [7, 11) is -8.46. The maximum atomic E-state index is 13.1. The van der Waals surface area contributed by atoms with Crippen LogP contribution in [-0.4, -0.2) is 61.6 Å². The lowest BCUT2D eigenvalue weighted by molar-refractivity contribution is -0.0221. The van der Waals surface area contributed by atoms with Crippen LogP contribution in [0.1, 0.15) is 135 Å². The Hall–Kier alpha value is -1.04. The smallest absolute Gasteiger partial charge is 0.241 e. The van der Waals surface area contributed by atoms with Crippen LogP contribution in [0.3, 0.4) is 0 Å². The summed E-state index contributed by atoms with van der Waals surface area (Å²) in [6, 6.07) is 4.14. The molecule has 0 radical (unpaired) electrons. The summed E-state index contributed by atoms with van der Waals surface area (Å²) in [5, 5.41) is 32.6. The Kier molecular flexibility index (Phi) is 20.1. The van der Waals surface area contributed by atoms with Gasteiger partial charge in [0.05, 0.1) is 28.9 Å². The van der Waals surface area contributed by atoms with Crippen LogP contribution < -0.4 is 4.72 Å². The Morgan fingerprint density at radius 1 is 0.643 bits per heavy atom. The van der Waals surface area contributed by atoms with Crippen molar-refractivity contribution in [2.24, 2.45) is 0 Å². The molecular formula is C32H59NO7S2. The summed E-state index contributed by atoms with van der Waals surface area (Å²) >= 11 is 0. The molecule has 42 heavy (non-hydrogen) atoms. The van der Waals surface area contributed by atoms with Gasteiger partial charge in [-0.1, -0.05) is 134 Å². The average molecular weight is 634 g/mol. The number of nitrogens with one attached hydrogen (secondary N) is 1. The number of aliphatic hydroxyl groups excluding tert-OH is 3. The van der Waals surface area contributed by atoms with Gasteiger partial charge < -0.3 is 15.3 Å². The number of benzene rings is 1. The third-order valence-electron chi connectivity index (χ3n) is 7.95. The Morgan fingerprint density at radius 2 is 1.07 bits per heavy atom. The third kappa shape index (κ3) is 15.6. The van der Waals surface area contributed by atoms with Crippen molar-refractivity contribution in [3.8, 4) is 0 Å². The molecule has 246 valence electrons. The molecule has 0 aliphatic heterocycles. The zero-order chi connectivity index (χ0) is 31.4. The van der Waals surface area contributed by atoms with E-state index in [-0.39, 0.29) is 17.1 Å². The van der Waals surface area contributed by atoms with Crippen molar-refractivity contribution in [2.45, 2.75) is 165 Å². The normalized spacial score (nSPS) is 15.4. The van der Waals surface area contributed by atoms with Crippen molar-refractivity contribution in [3.63, 3.8) is 0 Å². The zero-order valence-electron chi connectivity index (χ0n) is 26.3. The van der Waals surface area contributed by atoms with E-state index in [4.69, 9.17) is 0 Å². The van der Waals surface area contributed by atoms with Gasteiger partial charge in [0.2, 0.25) is 10.0 Å². The first-order valence-electron chi connectivity index (χ1n) is 16.3. The number of hydrogen-bond donors (Lipinski definition) is 4. The number of unbranched alkanes of at least 4 members (excludes halogenated alkanes) is 15. The minimum absolute atomic E-state index is 0.120. The lowest BCUT2D eigenvalue weighted by atomic mass is 10.00. The first-order valence-corrected chi connectivity index (χ1v) is 19.5. The predicted octanol–water partition coefficient (Wildman–Crippen LogP) is 6.16. The highest BCUT2D eigenvalue weighted by Crippen LogP contribution is 2.21. The summed E-state index contributed by atoms with van der Waals surface area (Å²) < 4.78 is 54.4. The van der Waals surface area contributed by atoms with Gasteiger partial charge >= 0.3 is 0 Å². The number of hydrogen-bond acceptors (Lipinski definition) is 7. The fraction of sp³-hybridized carbons (Fsp3) is 0.812. The van der Waals surface area contributed by atoms with Crippen molar-refractivity contribution in [2.75, 3.05) is 5.75 Å². The summed E-state index contributed by atoms with van der Waals surface area (Å²) in [5.74, 6) is -0.331. The van der Waals surface area contributed by atoms with Crippen LogP contribution in [0.25, 0.3) is 0 Å². The van der Waals surface area contributed by atoms with Gasteiger partial charge in [0.1, 0.15) is 0 Å². The molecule has 1 rings (SSSR count). The van der Waals surface area contributed by atoms with Gasteiger partial charge in [-0.15, -0.1) is 0 Å². The summed E-state index contributed by atoms with van der Waals surface area (Å²) in [6.45, 7) is 6.07. The molecule has 1 aromatic rings. The molecule has 0 aliphatic rings. The predicted molar refractivity (Wildman–Crippen MR) is 172 cm³/mol. The molecule has 0 fully saturated rings. The molecule has 0 amide bonds. The first-order chi connectivity index (χ1) is 20.0. The van der Waals surface area contributed by atoms with E-state index in [0.29, 0.717) is 19.3 Å².